The SMILES string of the molecule is O=C(C=Cc1ccc(F)cc1)Nc1nc(N2C(=O)c3ccccc3C2=O)n(-c2ccccc2)n1. The van der Waals surface area contributed by atoms with Gasteiger partial charge in [-0.15, -0.1) is 5.10 Å². The van der Waals surface area contributed by atoms with E-state index >= 15 is 0 Å². The van der Waals surface area contributed by atoms with Gasteiger partial charge in [-0.3, -0.25) is 19.7 Å². The van der Waals surface area contributed by atoms with E-state index in [0.717, 1.165) is 4.90 Å². The number of benzene rings is 3. The summed E-state index contributed by atoms with van der Waals surface area (Å²) in [6, 6.07) is 20.9. The number of hydrogen-bond acceptors (Lipinski definition) is 5. The number of carbonyl (C=O) groups is 3. The fraction of sp³-hybridized carbons (Fsp3) is 0. The Labute approximate surface area is 193 Å². The zero-order valence-corrected chi connectivity index (χ0v) is 17.6. The van der Waals surface area contributed by atoms with Crippen LogP contribution in [0.4, 0.5) is 16.3 Å². The number of halogens is 1. The van der Waals surface area contributed by atoms with Crippen LogP contribution in [0, 0.1) is 5.82 Å². The lowest BCUT2D eigenvalue weighted by Crippen LogP contribution is -2.32. The third-order valence-corrected chi connectivity index (χ3v) is 5.12. The first-order valence-corrected chi connectivity index (χ1v) is 10.3. The van der Waals surface area contributed by atoms with E-state index in [1.807, 2.05) is 6.07 Å². The Kier molecular flexibility index (Phi) is 5.27. The molecule has 1 aliphatic heterocycles. The van der Waals surface area contributed by atoms with Crippen molar-refractivity contribution in [2.24, 2.45) is 0 Å². The van der Waals surface area contributed by atoms with E-state index in [-0.39, 0.29) is 28.8 Å². The fourth-order valence-corrected chi connectivity index (χ4v) is 3.51. The first-order chi connectivity index (χ1) is 16.5. The molecule has 1 aromatic heterocycles. The molecule has 0 bridgehead atoms. The number of imide groups is 1. The van der Waals surface area contributed by atoms with Crippen molar-refractivity contribution < 1.29 is 18.8 Å². The summed E-state index contributed by atoms with van der Waals surface area (Å²) in [6.07, 6.45) is 2.76. The molecular formula is C25H16FN5O3. The first-order valence-electron chi connectivity index (χ1n) is 10.3. The fourth-order valence-electron chi connectivity index (χ4n) is 3.51. The van der Waals surface area contributed by atoms with Gasteiger partial charge in [-0.1, -0.05) is 42.5 Å². The Morgan fingerprint density at radius 1 is 0.853 bits per heavy atom. The maximum Gasteiger partial charge on any atom is 0.268 e. The lowest BCUT2D eigenvalue weighted by molar-refractivity contribution is -0.111. The van der Waals surface area contributed by atoms with Gasteiger partial charge in [0.1, 0.15) is 5.82 Å². The van der Waals surface area contributed by atoms with Gasteiger partial charge in [0.15, 0.2) is 0 Å². The molecule has 1 aliphatic rings. The minimum atomic E-state index is -0.538. The lowest BCUT2D eigenvalue weighted by Gasteiger charge is -2.13. The van der Waals surface area contributed by atoms with Gasteiger partial charge in [-0.2, -0.15) is 9.67 Å². The molecular weight excluding hydrogens is 437 g/mol. The lowest BCUT2D eigenvalue weighted by atomic mass is 10.1. The molecule has 0 spiro atoms. The number of hydrogen-bond donors (Lipinski definition) is 1. The molecule has 0 saturated carbocycles. The molecule has 8 nitrogen and oxygen atoms in total. The maximum absolute atomic E-state index is 13.0. The number of anilines is 2. The van der Waals surface area contributed by atoms with Crippen LogP contribution in [0.1, 0.15) is 26.3 Å². The summed E-state index contributed by atoms with van der Waals surface area (Å²) in [4.78, 5) is 43.7. The van der Waals surface area contributed by atoms with Gasteiger partial charge >= 0.3 is 0 Å². The molecule has 2 heterocycles. The minimum Gasteiger partial charge on any atom is -0.290 e. The van der Waals surface area contributed by atoms with Gasteiger partial charge in [0.25, 0.3) is 23.7 Å². The van der Waals surface area contributed by atoms with E-state index in [4.69, 9.17) is 0 Å². The molecule has 0 saturated heterocycles. The van der Waals surface area contributed by atoms with Gasteiger partial charge in [0.05, 0.1) is 16.8 Å². The third-order valence-electron chi connectivity index (χ3n) is 5.12. The van der Waals surface area contributed by atoms with Crippen LogP contribution in [0.2, 0.25) is 0 Å². The standard InChI is InChI=1S/C25H16FN5O3/c26-17-13-10-16(11-14-17)12-15-21(32)27-24-28-25(31(29-24)18-6-2-1-3-7-18)30-22(33)19-8-4-5-9-20(19)23(30)34/h1-15H,(H,27,29,32). The van der Waals surface area contributed by atoms with Crippen LogP contribution in [0.25, 0.3) is 11.8 Å². The van der Waals surface area contributed by atoms with Crippen molar-refractivity contribution in [3.8, 4) is 5.69 Å². The summed E-state index contributed by atoms with van der Waals surface area (Å²) in [5, 5.41) is 6.84. The normalized spacial score (nSPS) is 12.9. The van der Waals surface area contributed by atoms with E-state index in [9.17, 15) is 18.8 Å². The summed E-state index contributed by atoms with van der Waals surface area (Å²) in [5.41, 5.74) is 1.71. The second kappa shape index (κ2) is 8.55. The number of nitrogens with one attached hydrogen (secondary N) is 1. The Morgan fingerprint density at radius 3 is 2.12 bits per heavy atom. The second-order valence-electron chi connectivity index (χ2n) is 7.35. The van der Waals surface area contributed by atoms with Crippen LogP contribution in [0.3, 0.4) is 0 Å². The van der Waals surface area contributed by atoms with Crippen LogP contribution < -0.4 is 10.2 Å². The molecule has 0 fully saturated rings. The van der Waals surface area contributed by atoms with Crippen LogP contribution in [0.5, 0.6) is 0 Å². The van der Waals surface area contributed by atoms with E-state index in [1.54, 1.807) is 48.5 Å². The highest BCUT2D eigenvalue weighted by Gasteiger charge is 2.39. The first kappa shape index (κ1) is 21.0. The molecule has 0 radical (unpaired) electrons. The van der Waals surface area contributed by atoms with Crippen LogP contribution in [-0.4, -0.2) is 32.5 Å². The Morgan fingerprint density at radius 2 is 1.47 bits per heavy atom. The molecule has 0 unspecified atom stereocenters. The van der Waals surface area contributed by atoms with Gasteiger partial charge in [0, 0.05) is 6.08 Å². The number of amides is 3. The average Bonchev–Trinajstić information content (AvgIpc) is 3.37. The molecule has 1 N–H and O–H groups in total. The quantitative estimate of drug-likeness (QED) is 0.366. The molecule has 34 heavy (non-hydrogen) atoms. The largest absolute Gasteiger partial charge is 0.290 e. The van der Waals surface area contributed by atoms with Gasteiger partial charge in [-0.05, 0) is 48.0 Å². The van der Waals surface area contributed by atoms with E-state index in [1.165, 1.54) is 41.1 Å². The number of nitrogens with zero attached hydrogens (tertiary/aromatic N) is 4. The van der Waals surface area contributed by atoms with Crippen molar-refractivity contribution in [3.05, 3.63) is 107 Å². The number of para-hydroxylation sites is 1. The Balaban J connectivity index is 1.47. The van der Waals surface area contributed by atoms with Crippen LogP contribution in [0.15, 0.2) is 84.9 Å². The van der Waals surface area contributed by atoms with E-state index < -0.39 is 17.7 Å². The number of rotatable bonds is 5. The maximum atomic E-state index is 13.0. The van der Waals surface area contributed by atoms with E-state index in [0.29, 0.717) is 11.3 Å². The van der Waals surface area contributed by atoms with Crippen molar-refractivity contribution in [1.82, 2.24) is 14.8 Å². The molecule has 3 aromatic carbocycles. The highest BCUT2D eigenvalue weighted by molar-refractivity contribution is 6.34. The van der Waals surface area contributed by atoms with Crippen molar-refractivity contribution in [2.75, 3.05) is 10.2 Å². The predicted molar refractivity (Wildman–Crippen MR) is 123 cm³/mol. The number of fused-ring (bicyclic) bond motifs is 1. The minimum absolute atomic E-state index is 0.0461. The van der Waals surface area contributed by atoms with Crippen molar-refractivity contribution >= 4 is 35.7 Å². The summed E-state index contributed by atoms with van der Waals surface area (Å²) >= 11 is 0. The van der Waals surface area contributed by atoms with Crippen molar-refractivity contribution in [1.29, 1.82) is 0 Å². The Hall–Kier alpha value is -4.92. The molecule has 0 aliphatic carbocycles. The van der Waals surface area contributed by atoms with E-state index in [2.05, 4.69) is 15.4 Å². The Bertz CT molecular complexity index is 1410. The molecule has 5 rings (SSSR count). The summed E-state index contributed by atoms with van der Waals surface area (Å²) in [6.45, 7) is 0. The monoisotopic (exact) mass is 453 g/mol. The smallest absolute Gasteiger partial charge is 0.268 e. The zero-order valence-electron chi connectivity index (χ0n) is 17.6. The second-order valence-corrected chi connectivity index (χ2v) is 7.35. The average molecular weight is 453 g/mol. The molecule has 9 heteroatoms. The number of aromatic nitrogens is 3. The summed E-state index contributed by atoms with van der Waals surface area (Å²) < 4.78 is 14.4. The molecule has 3 amide bonds. The summed E-state index contributed by atoms with van der Waals surface area (Å²) in [5.74, 6) is -2.11. The molecule has 0 atom stereocenters. The topological polar surface area (TPSA) is 97.2 Å². The van der Waals surface area contributed by atoms with Gasteiger partial charge < -0.3 is 0 Å². The highest BCUT2D eigenvalue weighted by atomic mass is 19.1. The van der Waals surface area contributed by atoms with Gasteiger partial charge in [-0.25, -0.2) is 9.29 Å². The van der Waals surface area contributed by atoms with Crippen molar-refractivity contribution in [3.63, 3.8) is 0 Å². The van der Waals surface area contributed by atoms with Gasteiger partial charge in [0.2, 0.25) is 5.95 Å². The van der Waals surface area contributed by atoms with Crippen LogP contribution in [-0.2, 0) is 4.79 Å². The molecule has 166 valence electrons. The predicted octanol–water partition coefficient (Wildman–Crippen LogP) is 3.86. The number of carbonyl (C=O) groups excluding carboxylic acids is 3. The third kappa shape index (κ3) is 3.86. The highest BCUT2D eigenvalue weighted by Crippen LogP contribution is 2.29. The van der Waals surface area contributed by atoms with Crippen molar-refractivity contribution in [2.45, 2.75) is 0 Å². The zero-order chi connectivity index (χ0) is 23.7. The molecule has 4 aromatic rings. The van der Waals surface area contributed by atoms with Crippen LogP contribution >= 0.6 is 0 Å². The summed E-state index contributed by atoms with van der Waals surface area (Å²) in [7, 11) is 0.